The van der Waals surface area contributed by atoms with E-state index in [9.17, 15) is 14.3 Å². The summed E-state index contributed by atoms with van der Waals surface area (Å²) in [7, 11) is 0. The molecule has 2 amide bonds. The van der Waals surface area contributed by atoms with Crippen LogP contribution in [0.25, 0.3) is 0 Å². The smallest absolute Gasteiger partial charge is 0.317 e. The number of benzene rings is 1. The van der Waals surface area contributed by atoms with Gasteiger partial charge in [-0.2, -0.15) is 0 Å². The van der Waals surface area contributed by atoms with Crippen molar-refractivity contribution in [3.63, 3.8) is 0 Å². The van der Waals surface area contributed by atoms with Gasteiger partial charge in [0.15, 0.2) is 0 Å². The van der Waals surface area contributed by atoms with Crippen LogP contribution in [0.1, 0.15) is 37.9 Å². The van der Waals surface area contributed by atoms with Crippen LogP contribution in [-0.4, -0.2) is 35.7 Å². The molecule has 0 spiro atoms. The van der Waals surface area contributed by atoms with Crippen molar-refractivity contribution in [2.45, 2.75) is 32.3 Å². The summed E-state index contributed by atoms with van der Waals surface area (Å²) >= 11 is 0. The highest BCUT2D eigenvalue weighted by Gasteiger charge is 2.28. The number of likely N-dealkylation sites (tertiary alicyclic amines) is 1. The minimum absolute atomic E-state index is 0.0378. The third-order valence-corrected chi connectivity index (χ3v) is 4.31. The van der Waals surface area contributed by atoms with Crippen LogP contribution < -0.4 is 5.32 Å². The summed E-state index contributed by atoms with van der Waals surface area (Å²) in [5.41, 5.74) is 0.737. The van der Waals surface area contributed by atoms with Crippen molar-refractivity contribution in [3.05, 3.63) is 47.8 Å². The molecule has 1 atom stereocenters. The molecule has 0 saturated carbocycles. The predicted octanol–water partition coefficient (Wildman–Crippen LogP) is 3.25. The SMILES string of the molecule is C/C=C/CCNC(=O)N1CCC(C(O)c2ccc(F)cc2)CC1. The van der Waals surface area contributed by atoms with Crippen LogP contribution in [-0.2, 0) is 0 Å². The van der Waals surface area contributed by atoms with Crippen molar-refractivity contribution in [3.8, 4) is 0 Å². The van der Waals surface area contributed by atoms with Crippen LogP contribution >= 0.6 is 0 Å². The summed E-state index contributed by atoms with van der Waals surface area (Å²) in [5.74, 6) is -0.196. The summed E-state index contributed by atoms with van der Waals surface area (Å²) in [4.78, 5) is 13.8. The molecule has 5 heteroatoms. The number of nitrogens with zero attached hydrogens (tertiary/aromatic N) is 1. The van der Waals surface area contributed by atoms with Gasteiger partial charge in [0.2, 0.25) is 0 Å². The number of allylic oxidation sites excluding steroid dienone is 1. The van der Waals surface area contributed by atoms with E-state index < -0.39 is 6.10 Å². The molecule has 0 aliphatic carbocycles. The van der Waals surface area contributed by atoms with E-state index in [4.69, 9.17) is 0 Å². The van der Waals surface area contributed by atoms with Gasteiger partial charge in [-0.25, -0.2) is 9.18 Å². The first-order valence-electron chi connectivity index (χ1n) is 8.19. The third-order valence-electron chi connectivity index (χ3n) is 4.31. The summed E-state index contributed by atoms with van der Waals surface area (Å²) in [6, 6.07) is 5.95. The first-order valence-corrected chi connectivity index (χ1v) is 8.19. The van der Waals surface area contributed by atoms with Crippen molar-refractivity contribution >= 4 is 6.03 Å². The molecule has 4 nitrogen and oxygen atoms in total. The van der Waals surface area contributed by atoms with E-state index in [-0.39, 0.29) is 17.8 Å². The topological polar surface area (TPSA) is 52.6 Å². The zero-order valence-electron chi connectivity index (χ0n) is 13.5. The van der Waals surface area contributed by atoms with Gasteiger partial charge in [0.05, 0.1) is 6.10 Å². The number of rotatable bonds is 5. The average Bonchev–Trinajstić information content (AvgIpc) is 2.59. The second-order valence-corrected chi connectivity index (χ2v) is 5.91. The molecule has 1 aliphatic rings. The Morgan fingerprint density at radius 1 is 1.39 bits per heavy atom. The number of aliphatic hydroxyl groups is 1. The Bertz CT molecular complexity index is 522. The van der Waals surface area contributed by atoms with Crippen molar-refractivity contribution in [2.24, 2.45) is 5.92 Å². The molecule has 0 radical (unpaired) electrons. The molecule has 1 fully saturated rings. The summed E-state index contributed by atoms with van der Waals surface area (Å²) in [6.07, 6.45) is 5.72. The van der Waals surface area contributed by atoms with Gasteiger partial charge in [0, 0.05) is 19.6 Å². The molecule has 1 aliphatic heterocycles. The van der Waals surface area contributed by atoms with E-state index in [2.05, 4.69) is 5.32 Å². The van der Waals surface area contributed by atoms with Gasteiger partial charge in [-0.3, -0.25) is 0 Å². The molecule has 1 unspecified atom stereocenters. The zero-order chi connectivity index (χ0) is 16.7. The average molecular weight is 320 g/mol. The number of hydrogen-bond acceptors (Lipinski definition) is 2. The monoisotopic (exact) mass is 320 g/mol. The second-order valence-electron chi connectivity index (χ2n) is 5.91. The molecule has 0 bridgehead atoms. The highest BCUT2D eigenvalue weighted by Crippen LogP contribution is 2.30. The molecule has 2 rings (SSSR count). The van der Waals surface area contributed by atoms with Gasteiger partial charge in [-0.1, -0.05) is 24.3 Å². The molecule has 1 heterocycles. The fourth-order valence-corrected chi connectivity index (χ4v) is 2.89. The minimum Gasteiger partial charge on any atom is -0.388 e. The lowest BCUT2D eigenvalue weighted by Crippen LogP contribution is -2.45. The third kappa shape index (κ3) is 5.06. The van der Waals surface area contributed by atoms with Gasteiger partial charge < -0.3 is 15.3 Å². The van der Waals surface area contributed by atoms with Crippen molar-refractivity contribution in [2.75, 3.05) is 19.6 Å². The predicted molar refractivity (Wildman–Crippen MR) is 88.5 cm³/mol. The molecule has 1 saturated heterocycles. The Morgan fingerprint density at radius 3 is 2.65 bits per heavy atom. The number of hydrogen-bond donors (Lipinski definition) is 2. The Morgan fingerprint density at radius 2 is 2.04 bits per heavy atom. The fourth-order valence-electron chi connectivity index (χ4n) is 2.89. The van der Waals surface area contributed by atoms with E-state index in [0.29, 0.717) is 19.6 Å². The Kier molecular flexibility index (Phi) is 6.59. The lowest BCUT2D eigenvalue weighted by atomic mass is 9.87. The van der Waals surface area contributed by atoms with Crippen LogP contribution in [0.2, 0.25) is 0 Å². The summed E-state index contributed by atoms with van der Waals surface area (Å²) in [6.45, 7) is 3.87. The number of carbonyl (C=O) groups excluding carboxylic acids is 1. The maximum Gasteiger partial charge on any atom is 0.317 e. The van der Waals surface area contributed by atoms with Crippen molar-refractivity contribution in [1.82, 2.24) is 10.2 Å². The molecule has 2 N–H and O–H groups in total. The van der Waals surface area contributed by atoms with Crippen molar-refractivity contribution < 1.29 is 14.3 Å². The lowest BCUT2D eigenvalue weighted by molar-refractivity contribution is 0.0665. The van der Waals surface area contributed by atoms with Crippen LogP contribution in [0.4, 0.5) is 9.18 Å². The Balaban J connectivity index is 1.78. The quantitative estimate of drug-likeness (QED) is 0.646. The molecule has 1 aromatic rings. The molecule has 23 heavy (non-hydrogen) atoms. The zero-order valence-corrected chi connectivity index (χ0v) is 13.5. The Hall–Kier alpha value is -1.88. The number of aliphatic hydroxyl groups excluding tert-OH is 1. The standard InChI is InChI=1S/C18H25FN2O2/c1-2-3-4-11-20-18(23)21-12-9-15(10-13-21)17(22)14-5-7-16(19)8-6-14/h2-3,5-8,15,17,22H,4,9-13H2,1H3,(H,20,23)/b3-2+. The van der Waals surface area contributed by atoms with Crippen LogP contribution in [0.15, 0.2) is 36.4 Å². The van der Waals surface area contributed by atoms with E-state index in [1.54, 1.807) is 17.0 Å². The van der Waals surface area contributed by atoms with Crippen LogP contribution in [0, 0.1) is 11.7 Å². The second kappa shape index (κ2) is 8.67. The van der Waals surface area contributed by atoms with Crippen LogP contribution in [0.3, 0.4) is 0 Å². The lowest BCUT2D eigenvalue weighted by Gasteiger charge is -2.34. The van der Waals surface area contributed by atoms with Gasteiger partial charge in [0.1, 0.15) is 5.82 Å². The molecule has 1 aromatic carbocycles. The number of halogens is 1. The van der Waals surface area contributed by atoms with Gasteiger partial charge in [0.25, 0.3) is 0 Å². The molecular weight excluding hydrogens is 295 g/mol. The van der Waals surface area contributed by atoms with Gasteiger partial charge >= 0.3 is 6.03 Å². The number of carbonyl (C=O) groups is 1. The van der Waals surface area contributed by atoms with Crippen LogP contribution in [0.5, 0.6) is 0 Å². The van der Waals surface area contributed by atoms with Gasteiger partial charge in [-0.15, -0.1) is 0 Å². The highest BCUT2D eigenvalue weighted by atomic mass is 19.1. The summed E-state index contributed by atoms with van der Waals surface area (Å²) < 4.78 is 12.9. The number of piperidine rings is 1. The fraction of sp³-hybridized carbons (Fsp3) is 0.500. The number of nitrogens with one attached hydrogen (secondary N) is 1. The summed E-state index contributed by atoms with van der Waals surface area (Å²) in [5, 5.41) is 13.3. The largest absolute Gasteiger partial charge is 0.388 e. The molecular formula is C18H25FN2O2. The first kappa shape index (κ1) is 17.5. The van der Waals surface area contributed by atoms with E-state index in [1.165, 1.54) is 12.1 Å². The van der Waals surface area contributed by atoms with E-state index in [0.717, 1.165) is 24.8 Å². The normalized spacial score (nSPS) is 17.4. The van der Waals surface area contributed by atoms with E-state index >= 15 is 0 Å². The minimum atomic E-state index is -0.601. The Labute approximate surface area is 137 Å². The molecule has 126 valence electrons. The van der Waals surface area contributed by atoms with Crippen molar-refractivity contribution in [1.29, 1.82) is 0 Å². The molecule has 0 aromatic heterocycles. The highest BCUT2D eigenvalue weighted by molar-refractivity contribution is 5.74. The van der Waals surface area contributed by atoms with E-state index in [1.807, 2.05) is 19.1 Å². The maximum atomic E-state index is 12.9. The first-order chi connectivity index (χ1) is 11.1. The maximum absolute atomic E-state index is 12.9. The van der Waals surface area contributed by atoms with Gasteiger partial charge in [-0.05, 0) is 49.8 Å². The number of urea groups is 1. The number of amides is 2.